The Kier molecular flexibility index (Phi) is 6.40. The third kappa shape index (κ3) is 4.50. The Bertz CT molecular complexity index is 534. The van der Waals surface area contributed by atoms with E-state index in [2.05, 4.69) is 0 Å². The van der Waals surface area contributed by atoms with Crippen LogP contribution in [0.15, 0.2) is 18.2 Å². The van der Waals surface area contributed by atoms with Gasteiger partial charge in [0.05, 0.1) is 5.75 Å². The zero-order valence-electron chi connectivity index (χ0n) is 10.7. The van der Waals surface area contributed by atoms with Crippen LogP contribution in [0.2, 0.25) is 10.0 Å². The maximum absolute atomic E-state index is 12.1. The molecule has 1 aromatic carbocycles. The van der Waals surface area contributed by atoms with Crippen LogP contribution in [0.1, 0.15) is 24.9 Å². The molecule has 0 amide bonds. The number of hydrogen-bond acceptors (Lipinski definition) is 2. The largest absolute Gasteiger partial charge is 0.214 e. The molecule has 3 nitrogen and oxygen atoms in total. The van der Waals surface area contributed by atoms with Gasteiger partial charge < -0.3 is 0 Å². The second-order valence-electron chi connectivity index (χ2n) is 4.22. The van der Waals surface area contributed by atoms with E-state index in [0.717, 1.165) is 5.56 Å². The van der Waals surface area contributed by atoms with Gasteiger partial charge in [-0.15, -0.1) is 11.6 Å². The molecule has 108 valence electrons. The van der Waals surface area contributed by atoms with Crippen LogP contribution in [0.3, 0.4) is 0 Å². The van der Waals surface area contributed by atoms with Gasteiger partial charge in [0.15, 0.2) is 0 Å². The minimum Gasteiger partial charge on any atom is -0.212 e. The van der Waals surface area contributed by atoms with Crippen LogP contribution >= 0.6 is 34.8 Å². The summed E-state index contributed by atoms with van der Waals surface area (Å²) in [6, 6.07) is 4.68. The monoisotopic (exact) mass is 343 g/mol. The van der Waals surface area contributed by atoms with E-state index in [1.165, 1.54) is 4.31 Å². The van der Waals surface area contributed by atoms with Crippen molar-refractivity contribution in [3.8, 4) is 0 Å². The first-order valence-corrected chi connectivity index (χ1v) is 8.66. The summed E-state index contributed by atoms with van der Waals surface area (Å²) in [6.45, 7) is 1.79. The Hall–Kier alpha value is -0.000000000000000167. The fourth-order valence-electron chi connectivity index (χ4n) is 1.66. The number of benzene rings is 1. The van der Waals surface area contributed by atoms with Crippen LogP contribution in [0.25, 0.3) is 0 Å². The topological polar surface area (TPSA) is 37.4 Å². The lowest BCUT2D eigenvalue weighted by Crippen LogP contribution is -2.32. The third-order valence-corrected chi connectivity index (χ3v) is 5.76. The molecule has 0 spiro atoms. The molecule has 19 heavy (non-hydrogen) atoms. The van der Waals surface area contributed by atoms with Gasteiger partial charge in [0.1, 0.15) is 0 Å². The zero-order chi connectivity index (χ0) is 14.6. The van der Waals surface area contributed by atoms with Crippen molar-refractivity contribution in [1.82, 2.24) is 4.31 Å². The molecule has 7 heteroatoms. The fraction of sp³-hybridized carbons (Fsp3) is 0.500. The molecule has 0 fully saturated rings. The molecular formula is C12H16Cl3NO2S. The number of hydrogen-bond donors (Lipinski definition) is 0. The second-order valence-corrected chi connectivity index (χ2v) is 7.59. The van der Waals surface area contributed by atoms with E-state index in [9.17, 15) is 8.42 Å². The highest BCUT2D eigenvalue weighted by atomic mass is 35.5. The minimum atomic E-state index is -3.34. The molecule has 0 aliphatic heterocycles. The molecule has 0 aliphatic carbocycles. The highest BCUT2D eigenvalue weighted by Crippen LogP contribution is 2.30. The molecule has 0 bridgehead atoms. The number of rotatable bonds is 6. The lowest BCUT2D eigenvalue weighted by atomic mass is 10.1. The maximum Gasteiger partial charge on any atom is 0.214 e. The predicted molar refractivity (Wildman–Crippen MR) is 81.8 cm³/mol. The van der Waals surface area contributed by atoms with E-state index in [0.29, 0.717) is 22.3 Å². The van der Waals surface area contributed by atoms with Gasteiger partial charge in [-0.05, 0) is 31.0 Å². The number of sulfonamides is 1. The average Bonchev–Trinajstić information content (AvgIpc) is 2.34. The highest BCUT2D eigenvalue weighted by Gasteiger charge is 2.25. The molecule has 0 radical (unpaired) electrons. The average molecular weight is 345 g/mol. The molecule has 0 N–H and O–H groups in total. The number of alkyl halides is 1. The van der Waals surface area contributed by atoms with Crippen molar-refractivity contribution in [1.29, 1.82) is 0 Å². The predicted octanol–water partition coefficient (Wildman–Crippen LogP) is 3.94. The van der Waals surface area contributed by atoms with E-state index in [1.807, 2.05) is 0 Å². The van der Waals surface area contributed by atoms with Crippen LogP contribution in [-0.2, 0) is 10.0 Å². The van der Waals surface area contributed by atoms with Gasteiger partial charge in [0.2, 0.25) is 10.0 Å². The molecule has 0 saturated carbocycles. The van der Waals surface area contributed by atoms with Crippen molar-refractivity contribution >= 4 is 44.8 Å². The smallest absolute Gasteiger partial charge is 0.212 e. The maximum atomic E-state index is 12.1. The first kappa shape index (κ1) is 17.1. The van der Waals surface area contributed by atoms with Crippen LogP contribution in [0.4, 0.5) is 0 Å². The summed E-state index contributed by atoms with van der Waals surface area (Å²) < 4.78 is 25.5. The van der Waals surface area contributed by atoms with E-state index in [1.54, 1.807) is 32.2 Å². The Morgan fingerprint density at radius 2 is 1.95 bits per heavy atom. The number of nitrogens with zero attached hydrogens (tertiary/aromatic N) is 1. The first-order valence-electron chi connectivity index (χ1n) is 5.76. The Morgan fingerprint density at radius 3 is 2.47 bits per heavy atom. The molecule has 1 atom stereocenters. The summed E-state index contributed by atoms with van der Waals surface area (Å²) in [5.41, 5.74) is 0.725. The van der Waals surface area contributed by atoms with E-state index in [-0.39, 0.29) is 11.8 Å². The molecule has 0 heterocycles. The van der Waals surface area contributed by atoms with Gasteiger partial charge >= 0.3 is 0 Å². The van der Waals surface area contributed by atoms with Gasteiger partial charge in [-0.2, -0.15) is 4.31 Å². The summed E-state index contributed by atoms with van der Waals surface area (Å²) in [4.78, 5) is 0. The van der Waals surface area contributed by atoms with Crippen LogP contribution in [0, 0.1) is 0 Å². The van der Waals surface area contributed by atoms with Crippen LogP contribution in [0.5, 0.6) is 0 Å². The Morgan fingerprint density at radius 1 is 1.32 bits per heavy atom. The highest BCUT2D eigenvalue weighted by molar-refractivity contribution is 7.89. The van der Waals surface area contributed by atoms with Crippen LogP contribution < -0.4 is 0 Å². The van der Waals surface area contributed by atoms with E-state index >= 15 is 0 Å². The SMILES string of the molecule is CC(c1ccc(Cl)cc1Cl)N(C)S(=O)(=O)CCCCl. The fourth-order valence-corrected chi connectivity index (χ4v) is 3.91. The van der Waals surface area contributed by atoms with Crippen molar-refractivity contribution in [2.45, 2.75) is 19.4 Å². The molecular weight excluding hydrogens is 329 g/mol. The standard InChI is InChI=1S/C12H16Cl3NO2S/c1-9(11-5-4-10(14)8-12(11)15)16(2)19(17,18)7-3-6-13/h4-5,8-9H,3,6-7H2,1-2H3. The van der Waals surface area contributed by atoms with E-state index < -0.39 is 10.0 Å². The lowest BCUT2D eigenvalue weighted by Gasteiger charge is -2.25. The quantitative estimate of drug-likeness (QED) is 0.733. The second kappa shape index (κ2) is 7.14. The molecule has 1 aromatic rings. The summed E-state index contributed by atoms with van der Waals surface area (Å²) in [5, 5.41) is 0.980. The summed E-state index contributed by atoms with van der Waals surface area (Å²) >= 11 is 17.5. The van der Waals surface area contributed by atoms with Crippen molar-refractivity contribution in [3.05, 3.63) is 33.8 Å². The lowest BCUT2D eigenvalue weighted by molar-refractivity contribution is 0.398. The van der Waals surface area contributed by atoms with Gasteiger partial charge in [-0.1, -0.05) is 29.3 Å². The third-order valence-electron chi connectivity index (χ3n) is 2.93. The van der Waals surface area contributed by atoms with Crippen molar-refractivity contribution in [2.24, 2.45) is 0 Å². The van der Waals surface area contributed by atoms with Crippen molar-refractivity contribution < 1.29 is 8.42 Å². The van der Waals surface area contributed by atoms with Crippen molar-refractivity contribution in [2.75, 3.05) is 18.7 Å². The minimum absolute atomic E-state index is 0.0303. The summed E-state index contributed by atoms with van der Waals surface area (Å²) in [7, 11) is -1.80. The zero-order valence-corrected chi connectivity index (χ0v) is 13.8. The van der Waals surface area contributed by atoms with Gasteiger partial charge in [0, 0.05) is 29.0 Å². The molecule has 1 unspecified atom stereocenters. The van der Waals surface area contributed by atoms with Crippen molar-refractivity contribution in [3.63, 3.8) is 0 Å². The van der Waals surface area contributed by atoms with Gasteiger partial charge in [-0.25, -0.2) is 8.42 Å². The Balaban J connectivity index is 2.96. The summed E-state index contributed by atoms with van der Waals surface area (Å²) in [6.07, 6.45) is 0.426. The normalized spacial score (nSPS) is 13.8. The molecule has 0 aliphatic rings. The molecule has 1 rings (SSSR count). The van der Waals surface area contributed by atoms with Gasteiger partial charge in [-0.3, -0.25) is 0 Å². The molecule has 0 aromatic heterocycles. The Labute approximate surface area is 129 Å². The van der Waals surface area contributed by atoms with Gasteiger partial charge in [0.25, 0.3) is 0 Å². The first-order chi connectivity index (χ1) is 8.79. The number of halogens is 3. The van der Waals surface area contributed by atoms with Crippen LogP contribution in [-0.4, -0.2) is 31.4 Å². The molecule has 0 saturated heterocycles. The summed E-state index contributed by atoms with van der Waals surface area (Å²) in [5.74, 6) is 0.353. The van der Waals surface area contributed by atoms with E-state index in [4.69, 9.17) is 34.8 Å².